The topological polar surface area (TPSA) is 47.6 Å². The first-order chi connectivity index (χ1) is 11.6. The zero-order chi connectivity index (χ0) is 17.4. The Labute approximate surface area is 143 Å². The molecule has 2 aromatic rings. The fourth-order valence-corrected chi connectivity index (χ4v) is 2.35. The number of ether oxygens (including phenoxy) is 2. The molecule has 0 fully saturated rings. The molecular formula is C20H25NO3. The second-order valence-electron chi connectivity index (χ2n) is 5.63. The first-order valence-electron chi connectivity index (χ1n) is 8.32. The molecule has 24 heavy (non-hydrogen) atoms. The first-order valence-corrected chi connectivity index (χ1v) is 8.32. The van der Waals surface area contributed by atoms with E-state index in [1.54, 1.807) is 6.92 Å². The fourth-order valence-electron chi connectivity index (χ4n) is 2.35. The van der Waals surface area contributed by atoms with E-state index in [2.05, 4.69) is 12.2 Å². The summed E-state index contributed by atoms with van der Waals surface area (Å²) in [6, 6.07) is 15.6. The minimum Gasteiger partial charge on any atom is -0.491 e. The lowest BCUT2D eigenvalue weighted by Crippen LogP contribution is -2.38. The highest BCUT2D eigenvalue weighted by Gasteiger charge is 2.15. The standard InChI is InChI=1S/C20H25NO3/c1-4-17-10-6-8-12-19(17)24-16(3)20(22)21-13-14-23-18-11-7-5-9-15(18)2/h5-12,16H,4,13-14H2,1-3H3,(H,21,22). The molecular weight excluding hydrogens is 302 g/mol. The zero-order valence-corrected chi connectivity index (χ0v) is 14.5. The number of benzene rings is 2. The average Bonchev–Trinajstić information content (AvgIpc) is 2.60. The Hall–Kier alpha value is -2.49. The molecule has 1 atom stereocenters. The van der Waals surface area contributed by atoms with Gasteiger partial charge in [-0.25, -0.2) is 0 Å². The molecule has 128 valence electrons. The molecule has 0 aliphatic heterocycles. The zero-order valence-electron chi connectivity index (χ0n) is 14.5. The van der Waals surface area contributed by atoms with Crippen LogP contribution in [0.1, 0.15) is 25.0 Å². The highest BCUT2D eigenvalue weighted by molar-refractivity contribution is 5.80. The molecule has 0 aliphatic carbocycles. The van der Waals surface area contributed by atoms with Crippen LogP contribution < -0.4 is 14.8 Å². The molecule has 2 rings (SSSR count). The van der Waals surface area contributed by atoms with Crippen molar-refractivity contribution in [2.24, 2.45) is 0 Å². The molecule has 0 bridgehead atoms. The Bertz CT molecular complexity index is 669. The van der Waals surface area contributed by atoms with Crippen molar-refractivity contribution in [3.63, 3.8) is 0 Å². The van der Waals surface area contributed by atoms with Crippen molar-refractivity contribution < 1.29 is 14.3 Å². The van der Waals surface area contributed by atoms with Crippen LogP contribution in [0.15, 0.2) is 48.5 Å². The molecule has 0 heterocycles. The van der Waals surface area contributed by atoms with Gasteiger partial charge in [-0.05, 0) is 43.5 Å². The summed E-state index contributed by atoms with van der Waals surface area (Å²) in [4.78, 5) is 12.1. The van der Waals surface area contributed by atoms with Gasteiger partial charge in [0.05, 0.1) is 6.54 Å². The molecule has 1 unspecified atom stereocenters. The van der Waals surface area contributed by atoms with Gasteiger partial charge >= 0.3 is 0 Å². The maximum absolute atomic E-state index is 12.1. The second kappa shape index (κ2) is 8.96. The molecule has 2 aromatic carbocycles. The Balaban J connectivity index is 1.77. The number of hydrogen-bond acceptors (Lipinski definition) is 3. The van der Waals surface area contributed by atoms with Gasteiger partial charge < -0.3 is 14.8 Å². The molecule has 1 amide bonds. The molecule has 0 saturated carbocycles. The lowest BCUT2D eigenvalue weighted by atomic mass is 10.1. The predicted molar refractivity (Wildman–Crippen MR) is 95.6 cm³/mol. The number of nitrogens with one attached hydrogen (secondary N) is 1. The van der Waals surface area contributed by atoms with Crippen LogP contribution in [0.5, 0.6) is 11.5 Å². The van der Waals surface area contributed by atoms with Crippen LogP contribution in [0.25, 0.3) is 0 Å². The van der Waals surface area contributed by atoms with E-state index in [0.29, 0.717) is 13.2 Å². The molecule has 0 saturated heterocycles. The quantitative estimate of drug-likeness (QED) is 0.755. The fraction of sp³-hybridized carbons (Fsp3) is 0.350. The lowest BCUT2D eigenvalue weighted by Gasteiger charge is -2.17. The Morgan fingerprint density at radius 2 is 1.75 bits per heavy atom. The largest absolute Gasteiger partial charge is 0.491 e. The van der Waals surface area contributed by atoms with Crippen molar-refractivity contribution in [3.05, 3.63) is 59.7 Å². The maximum atomic E-state index is 12.1. The van der Waals surface area contributed by atoms with Crippen molar-refractivity contribution in [3.8, 4) is 11.5 Å². The monoisotopic (exact) mass is 327 g/mol. The van der Waals surface area contributed by atoms with Gasteiger partial charge in [-0.15, -0.1) is 0 Å². The van der Waals surface area contributed by atoms with E-state index >= 15 is 0 Å². The molecule has 0 aromatic heterocycles. The van der Waals surface area contributed by atoms with Crippen LogP contribution in [0.3, 0.4) is 0 Å². The van der Waals surface area contributed by atoms with Gasteiger partial charge in [0.1, 0.15) is 18.1 Å². The summed E-state index contributed by atoms with van der Waals surface area (Å²) >= 11 is 0. The van der Waals surface area contributed by atoms with Crippen LogP contribution in [-0.4, -0.2) is 25.2 Å². The van der Waals surface area contributed by atoms with Gasteiger partial charge in [0.15, 0.2) is 6.10 Å². The smallest absolute Gasteiger partial charge is 0.260 e. The van der Waals surface area contributed by atoms with Crippen molar-refractivity contribution in [2.75, 3.05) is 13.2 Å². The van der Waals surface area contributed by atoms with Crippen LogP contribution >= 0.6 is 0 Å². The highest BCUT2D eigenvalue weighted by atomic mass is 16.5. The molecule has 1 N–H and O–H groups in total. The lowest BCUT2D eigenvalue weighted by molar-refractivity contribution is -0.127. The van der Waals surface area contributed by atoms with Crippen LogP contribution in [0.2, 0.25) is 0 Å². The van der Waals surface area contributed by atoms with E-state index in [9.17, 15) is 4.79 Å². The van der Waals surface area contributed by atoms with Gasteiger partial charge in [0, 0.05) is 0 Å². The van der Waals surface area contributed by atoms with Gasteiger partial charge in [0.2, 0.25) is 0 Å². The van der Waals surface area contributed by atoms with Crippen LogP contribution in [0, 0.1) is 6.92 Å². The van der Waals surface area contributed by atoms with Crippen molar-refractivity contribution in [1.29, 1.82) is 0 Å². The Kier molecular flexibility index (Phi) is 6.67. The number of para-hydroxylation sites is 2. The summed E-state index contributed by atoms with van der Waals surface area (Å²) in [7, 11) is 0. The van der Waals surface area contributed by atoms with Gasteiger partial charge in [-0.1, -0.05) is 43.3 Å². The third-order valence-electron chi connectivity index (χ3n) is 3.78. The van der Waals surface area contributed by atoms with Gasteiger partial charge in [-0.3, -0.25) is 4.79 Å². The SMILES string of the molecule is CCc1ccccc1OC(C)C(=O)NCCOc1ccccc1C. The van der Waals surface area contributed by atoms with Crippen molar-refractivity contribution >= 4 is 5.91 Å². The Morgan fingerprint density at radius 3 is 2.46 bits per heavy atom. The molecule has 0 spiro atoms. The second-order valence-corrected chi connectivity index (χ2v) is 5.63. The summed E-state index contributed by atoms with van der Waals surface area (Å²) in [6.07, 6.45) is 0.325. The molecule has 4 nitrogen and oxygen atoms in total. The van der Waals surface area contributed by atoms with E-state index < -0.39 is 6.10 Å². The highest BCUT2D eigenvalue weighted by Crippen LogP contribution is 2.19. The van der Waals surface area contributed by atoms with E-state index in [1.807, 2.05) is 55.5 Å². The normalized spacial score (nSPS) is 11.6. The maximum Gasteiger partial charge on any atom is 0.260 e. The number of aryl methyl sites for hydroxylation is 2. The third-order valence-corrected chi connectivity index (χ3v) is 3.78. The predicted octanol–water partition coefficient (Wildman–Crippen LogP) is 3.52. The molecule has 0 radical (unpaired) electrons. The third kappa shape index (κ3) is 5.01. The van der Waals surface area contributed by atoms with Crippen molar-refractivity contribution in [1.82, 2.24) is 5.32 Å². The molecule has 4 heteroatoms. The van der Waals surface area contributed by atoms with E-state index in [-0.39, 0.29) is 5.91 Å². The van der Waals surface area contributed by atoms with Crippen molar-refractivity contribution in [2.45, 2.75) is 33.3 Å². The van der Waals surface area contributed by atoms with Gasteiger partial charge in [-0.2, -0.15) is 0 Å². The summed E-state index contributed by atoms with van der Waals surface area (Å²) < 4.78 is 11.4. The van der Waals surface area contributed by atoms with E-state index in [0.717, 1.165) is 29.0 Å². The number of carbonyl (C=O) groups is 1. The summed E-state index contributed by atoms with van der Waals surface area (Å²) in [5.74, 6) is 1.46. The van der Waals surface area contributed by atoms with E-state index in [1.165, 1.54) is 0 Å². The number of rotatable bonds is 8. The minimum atomic E-state index is -0.545. The number of carbonyl (C=O) groups excluding carboxylic acids is 1. The van der Waals surface area contributed by atoms with Gasteiger partial charge in [0.25, 0.3) is 5.91 Å². The average molecular weight is 327 g/mol. The Morgan fingerprint density at radius 1 is 1.08 bits per heavy atom. The van der Waals surface area contributed by atoms with E-state index in [4.69, 9.17) is 9.47 Å². The first kappa shape index (κ1) is 17.9. The minimum absolute atomic E-state index is 0.144. The summed E-state index contributed by atoms with van der Waals surface area (Å²) in [5, 5.41) is 2.84. The van der Waals surface area contributed by atoms with Crippen LogP contribution in [0.4, 0.5) is 0 Å². The number of amides is 1. The summed E-state index contributed by atoms with van der Waals surface area (Å²) in [6.45, 7) is 6.68. The van der Waals surface area contributed by atoms with Crippen LogP contribution in [-0.2, 0) is 11.2 Å². The summed E-state index contributed by atoms with van der Waals surface area (Å²) in [5.41, 5.74) is 2.18. The molecule has 0 aliphatic rings. The number of hydrogen-bond donors (Lipinski definition) is 1.